The van der Waals surface area contributed by atoms with E-state index in [0.29, 0.717) is 16.7 Å². The lowest BCUT2D eigenvalue weighted by molar-refractivity contribution is 0.389. The van der Waals surface area contributed by atoms with Gasteiger partial charge in [0, 0.05) is 10.0 Å². The van der Waals surface area contributed by atoms with Gasteiger partial charge >= 0.3 is 0 Å². The Bertz CT molecular complexity index is 739. The van der Waals surface area contributed by atoms with E-state index in [1.165, 1.54) is 0 Å². The van der Waals surface area contributed by atoms with Gasteiger partial charge in [-0.15, -0.1) is 0 Å². The molecular formula is C13H9BrClN3O. The highest BCUT2D eigenvalue weighted by Gasteiger charge is 2.15. The molecule has 0 aliphatic heterocycles. The molecule has 0 aliphatic carbocycles. The molecule has 0 fully saturated rings. The van der Waals surface area contributed by atoms with Gasteiger partial charge in [-0.2, -0.15) is 9.61 Å². The van der Waals surface area contributed by atoms with E-state index in [1.807, 2.05) is 24.3 Å². The average Bonchev–Trinajstić information content (AvgIpc) is 2.77. The summed E-state index contributed by atoms with van der Waals surface area (Å²) in [5.41, 5.74) is 2.39. The fourth-order valence-corrected chi connectivity index (χ4v) is 2.27. The van der Waals surface area contributed by atoms with Crippen molar-refractivity contribution in [1.82, 2.24) is 14.6 Å². The lowest BCUT2D eigenvalue weighted by atomic mass is 10.2. The summed E-state index contributed by atoms with van der Waals surface area (Å²) in [5, 5.41) is 4.59. The fourth-order valence-electron chi connectivity index (χ4n) is 1.87. The molecule has 0 bridgehead atoms. The molecule has 0 saturated heterocycles. The minimum atomic E-state index is 0.394. The molecule has 96 valence electrons. The first-order valence-electron chi connectivity index (χ1n) is 5.54. The quantitative estimate of drug-likeness (QED) is 0.713. The maximum atomic E-state index is 5.90. The van der Waals surface area contributed by atoms with Crippen LogP contribution in [0.1, 0.15) is 0 Å². The molecule has 4 nitrogen and oxygen atoms in total. The monoisotopic (exact) mass is 337 g/mol. The molecule has 19 heavy (non-hydrogen) atoms. The molecule has 0 radical (unpaired) electrons. The van der Waals surface area contributed by atoms with Gasteiger partial charge in [0.05, 0.1) is 7.11 Å². The molecule has 0 amide bonds. The van der Waals surface area contributed by atoms with Crippen LogP contribution in [-0.4, -0.2) is 21.7 Å². The van der Waals surface area contributed by atoms with Crippen molar-refractivity contribution in [3.8, 4) is 17.1 Å². The summed E-state index contributed by atoms with van der Waals surface area (Å²) in [7, 11) is 1.59. The molecule has 6 heteroatoms. The third-order valence-corrected chi connectivity index (χ3v) is 3.45. The van der Waals surface area contributed by atoms with Crippen molar-refractivity contribution in [2.75, 3.05) is 7.11 Å². The van der Waals surface area contributed by atoms with Crippen LogP contribution in [-0.2, 0) is 0 Å². The summed E-state index contributed by atoms with van der Waals surface area (Å²) in [5.74, 6) is 0.569. The molecule has 2 aromatic heterocycles. The number of benzene rings is 1. The first kappa shape index (κ1) is 12.4. The van der Waals surface area contributed by atoms with Gasteiger partial charge in [-0.25, -0.2) is 4.98 Å². The molecule has 1 aromatic carbocycles. The van der Waals surface area contributed by atoms with Crippen molar-refractivity contribution in [2.24, 2.45) is 0 Å². The van der Waals surface area contributed by atoms with Gasteiger partial charge in [0.15, 0.2) is 5.65 Å². The van der Waals surface area contributed by atoms with Gasteiger partial charge in [0.25, 0.3) is 0 Å². The Hall–Kier alpha value is -1.59. The second-order valence-electron chi connectivity index (χ2n) is 3.90. The van der Waals surface area contributed by atoms with E-state index < -0.39 is 0 Å². The second-order valence-corrected chi connectivity index (χ2v) is 5.21. The zero-order valence-corrected chi connectivity index (χ0v) is 12.3. The summed E-state index contributed by atoms with van der Waals surface area (Å²) in [4.78, 5) is 4.53. The SMILES string of the molecule is COc1c(-c2ccc(Br)cc2)nc2ccc(Cl)nn12. The smallest absolute Gasteiger partial charge is 0.243 e. The van der Waals surface area contributed by atoms with E-state index in [0.717, 1.165) is 15.7 Å². The van der Waals surface area contributed by atoms with Crippen LogP contribution in [0.25, 0.3) is 16.9 Å². The van der Waals surface area contributed by atoms with Crippen molar-refractivity contribution < 1.29 is 4.74 Å². The van der Waals surface area contributed by atoms with Gasteiger partial charge in [-0.1, -0.05) is 39.7 Å². The molecule has 2 heterocycles. The lowest BCUT2D eigenvalue weighted by Gasteiger charge is -2.02. The van der Waals surface area contributed by atoms with Gasteiger partial charge in [0.1, 0.15) is 10.8 Å². The molecule has 0 N–H and O–H groups in total. The summed E-state index contributed by atoms with van der Waals surface area (Å²) < 4.78 is 8.02. The number of aromatic nitrogens is 3. The third kappa shape index (κ3) is 2.19. The van der Waals surface area contributed by atoms with Crippen LogP contribution in [0.3, 0.4) is 0 Å². The molecule has 0 saturated carbocycles. The van der Waals surface area contributed by atoms with Gasteiger partial charge < -0.3 is 4.74 Å². The Morgan fingerprint density at radius 3 is 2.58 bits per heavy atom. The van der Waals surface area contributed by atoms with E-state index in [2.05, 4.69) is 26.0 Å². The van der Waals surface area contributed by atoms with Crippen molar-refractivity contribution in [3.63, 3.8) is 0 Å². The number of imidazole rings is 1. The Morgan fingerprint density at radius 1 is 1.16 bits per heavy atom. The fraction of sp³-hybridized carbons (Fsp3) is 0.0769. The zero-order valence-electron chi connectivity index (χ0n) is 9.97. The highest BCUT2D eigenvalue weighted by atomic mass is 79.9. The number of nitrogens with zero attached hydrogens (tertiary/aromatic N) is 3. The van der Waals surface area contributed by atoms with Gasteiger partial charge in [-0.05, 0) is 24.3 Å². The first-order chi connectivity index (χ1) is 9.19. The maximum absolute atomic E-state index is 5.90. The lowest BCUT2D eigenvalue weighted by Crippen LogP contribution is -1.95. The molecule has 0 aliphatic rings. The Labute approximate surface area is 123 Å². The largest absolute Gasteiger partial charge is 0.479 e. The van der Waals surface area contributed by atoms with Crippen molar-refractivity contribution in [2.45, 2.75) is 0 Å². The standard InChI is InChI=1S/C13H9BrClN3O/c1-19-13-12(8-2-4-9(14)5-3-8)16-11-7-6-10(15)17-18(11)13/h2-7H,1H3. The highest BCUT2D eigenvalue weighted by molar-refractivity contribution is 9.10. The third-order valence-electron chi connectivity index (χ3n) is 2.71. The molecule has 3 aromatic rings. The normalized spacial score (nSPS) is 10.9. The van der Waals surface area contributed by atoms with E-state index in [4.69, 9.17) is 16.3 Å². The van der Waals surface area contributed by atoms with Crippen LogP contribution in [0, 0.1) is 0 Å². The van der Waals surface area contributed by atoms with Crippen LogP contribution in [0.5, 0.6) is 5.88 Å². The summed E-state index contributed by atoms with van der Waals surface area (Å²) >= 11 is 9.31. The number of fused-ring (bicyclic) bond motifs is 1. The number of hydrogen-bond donors (Lipinski definition) is 0. The number of hydrogen-bond acceptors (Lipinski definition) is 3. The first-order valence-corrected chi connectivity index (χ1v) is 6.71. The predicted molar refractivity (Wildman–Crippen MR) is 77.7 cm³/mol. The second kappa shape index (κ2) is 4.83. The van der Waals surface area contributed by atoms with Crippen molar-refractivity contribution >= 4 is 33.2 Å². The van der Waals surface area contributed by atoms with Crippen LogP contribution >= 0.6 is 27.5 Å². The molecular weight excluding hydrogens is 330 g/mol. The Morgan fingerprint density at radius 2 is 1.89 bits per heavy atom. The molecule has 3 rings (SSSR count). The van der Waals surface area contributed by atoms with Crippen LogP contribution in [0.15, 0.2) is 40.9 Å². The van der Waals surface area contributed by atoms with Crippen LogP contribution in [0.4, 0.5) is 0 Å². The van der Waals surface area contributed by atoms with E-state index in [9.17, 15) is 0 Å². The van der Waals surface area contributed by atoms with E-state index in [1.54, 1.807) is 23.8 Å². The zero-order chi connectivity index (χ0) is 13.4. The number of halogens is 2. The maximum Gasteiger partial charge on any atom is 0.243 e. The van der Waals surface area contributed by atoms with Crippen LogP contribution in [0.2, 0.25) is 5.15 Å². The minimum Gasteiger partial charge on any atom is -0.479 e. The van der Waals surface area contributed by atoms with Crippen molar-refractivity contribution in [1.29, 1.82) is 0 Å². The Kier molecular flexibility index (Phi) is 3.16. The number of ether oxygens (including phenoxy) is 1. The summed E-state index contributed by atoms with van der Waals surface area (Å²) in [6.45, 7) is 0. The summed E-state index contributed by atoms with van der Waals surface area (Å²) in [6.07, 6.45) is 0. The number of methoxy groups -OCH3 is 1. The van der Waals surface area contributed by atoms with Gasteiger partial charge in [-0.3, -0.25) is 0 Å². The highest BCUT2D eigenvalue weighted by Crippen LogP contribution is 2.30. The van der Waals surface area contributed by atoms with E-state index >= 15 is 0 Å². The molecule has 0 unspecified atom stereocenters. The van der Waals surface area contributed by atoms with Crippen molar-refractivity contribution in [3.05, 3.63) is 46.0 Å². The number of rotatable bonds is 2. The van der Waals surface area contributed by atoms with Crippen LogP contribution < -0.4 is 4.74 Å². The predicted octanol–water partition coefficient (Wildman–Crippen LogP) is 3.82. The van der Waals surface area contributed by atoms with E-state index in [-0.39, 0.29) is 0 Å². The molecule has 0 atom stereocenters. The Balaban J connectivity index is 2.25. The van der Waals surface area contributed by atoms with Gasteiger partial charge in [0.2, 0.25) is 5.88 Å². The summed E-state index contributed by atoms with van der Waals surface area (Å²) in [6, 6.07) is 11.4. The minimum absolute atomic E-state index is 0.394. The average molecular weight is 339 g/mol. The topological polar surface area (TPSA) is 39.4 Å². The molecule has 0 spiro atoms.